The summed E-state index contributed by atoms with van der Waals surface area (Å²) in [7, 11) is 0. The second-order valence-corrected chi connectivity index (χ2v) is 15.7. The van der Waals surface area contributed by atoms with Crippen molar-refractivity contribution in [2.45, 2.75) is 82.6 Å². The van der Waals surface area contributed by atoms with E-state index in [-0.39, 0.29) is 21.1 Å². The standard InChI is InChI=1S/2C8H8O2S.2C6H11.Sn/c2*9-8(10)7(11)6-4-2-1-3-5-6;2*1-2-4-6-5-3-1;/h2*1-5,7,11H,(H,9,10);2*1H,2-6H2;/q;;;;+2/p-2. The summed E-state index contributed by atoms with van der Waals surface area (Å²) < 4.78 is 2.58. The van der Waals surface area contributed by atoms with Crippen LogP contribution in [-0.4, -0.2) is 33.1 Å². The maximum absolute atomic E-state index is 10.3. The van der Waals surface area contributed by atoms with Crippen molar-refractivity contribution >= 4 is 58.3 Å². The van der Waals surface area contributed by atoms with Crippen LogP contribution in [0.25, 0.3) is 0 Å². The van der Waals surface area contributed by atoms with Gasteiger partial charge < -0.3 is 19.8 Å². The molecular formula is C28H36O4S2Sn. The third kappa shape index (κ3) is 12.1. The van der Waals surface area contributed by atoms with Gasteiger partial charge in [0.05, 0.1) is 22.4 Å². The van der Waals surface area contributed by atoms with E-state index < -0.39 is 22.4 Å². The zero-order valence-corrected chi connectivity index (χ0v) is 24.8. The van der Waals surface area contributed by atoms with Crippen molar-refractivity contribution in [3.05, 3.63) is 71.8 Å². The van der Waals surface area contributed by atoms with Crippen LogP contribution in [0.1, 0.15) is 85.8 Å². The van der Waals surface area contributed by atoms with E-state index in [0.717, 1.165) is 0 Å². The smallest absolute Gasteiger partial charge is 0.0662 e. The molecule has 2 saturated carbocycles. The number of rotatable bonds is 6. The summed E-state index contributed by atoms with van der Waals surface area (Å²) in [6.07, 6.45) is 15.9. The number of carboxylic acids is 2. The Morgan fingerprint density at radius 3 is 1.23 bits per heavy atom. The predicted octanol–water partition coefficient (Wildman–Crippen LogP) is 5.01. The molecule has 2 aromatic carbocycles. The third-order valence-corrected chi connectivity index (χ3v) is 13.4. The SMILES string of the molecule is C1CC[CH]([Sn+2][CH]2CCCCC2)CC1.O=C([O-])C(S)c1ccccc1.O=C([O-])C(S)c1ccccc1. The Balaban J connectivity index is 0.000000186. The van der Waals surface area contributed by atoms with Crippen molar-refractivity contribution in [1.82, 2.24) is 0 Å². The van der Waals surface area contributed by atoms with Crippen molar-refractivity contribution < 1.29 is 19.8 Å². The molecule has 0 bridgehead atoms. The summed E-state index contributed by atoms with van der Waals surface area (Å²) in [6.45, 7) is 0. The topological polar surface area (TPSA) is 80.3 Å². The zero-order valence-electron chi connectivity index (χ0n) is 20.2. The van der Waals surface area contributed by atoms with Gasteiger partial charge in [-0.05, 0) is 11.1 Å². The van der Waals surface area contributed by atoms with Crippen LogP contribution < -0.4 is 10.2 Å². The van der Waals surface area contributed by atoms with E-state index in [1.54, 1.807) is 113 Å². The van der Waals surface area contributed by atoms with Crippen LogP contribution in [0.3, 0.4) is 0 Å². The van der Waals surface area contributed by atoms with Crippen molar-refractivity contribution in [3.8, 4) is 0 Å². The summed E-state index contributed by atoms with van der Waals surface area (Å²) in [5.41, 5.74) is 1.30. The molecule has 0 amide bonds. The van der Waals surface area contributed by atoms with Crippen LogP contribution in [0, 0.1) is 0 Å². The maximum atomic E-state index is 10.3. The molecule has 2 aromatic rings. The molecule has 188 valence electrons. The fraction of sp³-hybridized carbons (Fsp3) is 0.500. The molecule has 0 aliphatic heterocycles. The molecule has 7 heteroatoms. The van der Waals surface area contributed by atoms with Gasteiger partial charge in [0.2, 0.25) is 0 Å². The van der Waals surface area contributed by atoms with Crippen molar-refractivity contribution in [3.63, 3.8) is 0 Å². The molecule has 2 atom stereocenters. The predicted molar refractivity (Wildman–Crippen MR) is 146 cm³/mol. The van der Waals surface area contributed by atoms with Gasteiger partial charge in [0, 0.05) is 0 Å². The number of benzene rings is 2. The molecule has 2 aliphatic rings. The molecule has 35 heavy (non-hydrogen) atoms. The van der Waals surface area contributed by atoms with Crippen molar-refractivity contribution in [2.24, 2.45) is 0 Å². The molecule has 4 rings (SSSR count). The Morgan fingerprint density at radius 2 is 0.943 bits per heavy atom. The summed E-state index contributed by atoms with van der Waals surface area (Å²) in [6, 6.07) is 17.5. The molecule has 2 fully saturated rings. The Hall–Kier alpha value is -1.12. The minimum Gasteiger partial charge on any atom is -0.549 e. The number of carbonyl (C=O) groups is 2. The minimum atomic E-state index is -1.17. The van der Waals surface area contributed by atoms with E-state index in [0.29, 0.717) is 11.1 Å². The first-order valence-electron chi connectivity index (χ1n) is 12.5. The monoisotopic (exact) mass is 620 g/mol. The van der Waals surface area contributed by atoms with Gasteiger partial charge in [-0.25, -0.2) is 0 Å². The quantitative estimate of drug-likeness (QED) is 0.352. The Bertz CT molecular complexity index is 782. The van der Waals surface area contributed by atoms with E-state index in [1.807, 2.05) is 12.1 Å². The van der Waals surface area contributed by atoms with Gasteiger partial charge in [-0.3, -0.25) is 0 Å². The summed E-state index contributed by atoms with van der Waals surface area (Å²) in [5, 5.41) is 19.0. The average molecular weight is 619 g/mol. The van der Waals surface area contributed by atoms with E-state index in [1.165, 1.54) is 7.87 Å². The number of hydrogen-bond acceptors (Lipinski definition) is 6. The number of carboxylic acid groups (broad SMARTS) is 2. The summed E-state index contributed by atoms with van der Waals surface area (Å²) in [5.74, 6) is -2.33. The molecular weight excluding hydrogens is 583 g/mol. The molecule has 2 aliphatic carbocycles. The van der Waals surface area contributed by atoms with Gasteiger partial charge in [-0.2, -0.15) is 25.3 Å². The zero-order chi connectivity index (χ0) is 25.5. The summed E-state index contributed by atoms with van der Waals surface area (Å²) >= 11 is 7.74. The number of thiol groups is 2. The van der Waals surface area contributed by atoms with Crippen LogP contribution in [0.15, 0.2) is 60.7 Å². The van der Waals surface area contributed by atoms with Crippen LogP contribution in [-0.2, 0) is 9.59 Å². The van der Waals surface area contributed by atoms with Crippen LogP contribution in [0.4, 0.5) is 0 Å². The first kappa shape index (κ1) is 30.1. The largest absolute Gasteiger partial charge is 0.549 e. The first-order chi connectivity index (χ1) is 16.9. The first-order valence-corrected chi connectivity index (χ1v) is 16.8. The molecule has 0 aromatic heterocycles. The average Bonchev–Trinajstić information content (AvgIpc) is 2.90. The molecule has 0 radical (unpaired) electrons. The molecule has 0 N–H and O–H groups in total. The minimum absolute atomic E-state index is 0.0367. The maximum Gasteiger partial charge on any atom is 0.0662 e. The van der Waals surface area contributed by atoms with E-state index >= 15 is 0 Å². The number of carbonyl (C=O) groups excluding carboxylic acids is 2. The Labute approximate surface area is 231 Å². The van der Waals surface area contributed by atoms with Gasteiger partial charge in [-0.1, -0.05) is 60.7 Å². The fourth-order valence-corrected chi connectivity index (χ4v) is 10.9. The fourth-order valence-electron chi connectivity index (χ4n) is 4.41. The molecule has 0 saturated heterocycles. The van der Waals surface area contributed by atoms with Crippen LogP contribution in [0.5, 0.6) is 0 Å². The van der Waals surface area contributed by atoms with E-state index in [9.17, 15) is 19.8 Å². The second-order valence-electron chi connectivity index (χ2n) is 9.10. The van der Waals surface area contributed by atoms with Gasteiger partial charge in [0.15, 0.2) is 0 Å². The molecule has 4 nitrogen and oxygen atoms in total. The Morgan fingerprint density at radius 1 is 0.629 bits per heavy atom. The van der Waals surface area contributed by atoms with Crippen LogP contribution >= 0.6 is 25.3 Å². The van der Waals surface area contributed by atoms with Crippen LogP contribution in [0.2, 0.25) is 7.87 Å². The van der Waals surface area contributed by atoms with E-state index in [2.05, 4.69) is 25.3 Å². The number of aliphatic carboxylic acids is 2. The van der Waals surface area contributed by atoms with Gasteiger partial charge in [-0.15, -0.1) is 0 Å². The second kappa shape index (κ2) is 17.4. The Kier molecular flexibility index (Phi) is 14.9. The summed E-state index contributed by atoms with van der Waals surface area (Å²) in [4.78, 5) is 20.6. The van der Waals surface area contributed by atoms with Gasteiger partial charge >= 0.3 is 93.2 Å². The normalized spacial score (nSPS) is 17.9. The van der Waals surface area contributed by atoms with E-state index in [4.69, 9.17) is 0 Å². The van der Waals surface area contributed by atoms with Crippen molar-refractivity contribution in [1.29, 1.82) is 0 Å². The van der Waals surface area contributed by atoms with Gasteiger partial charge in [0.1, 0.15) is 0 Å². The molecule has 2 unspecified atom stereocenters. The molecule has 0 heterocycles. The molecule has 0 spiro atoms. The number of hydrogen-bond donors (Lipinski definition) is 2. The van der Waals surface area contributed by atoms with Gasteiger partial charge in [0.25, 0.3) is 0 Å². The third-order valence-electron chi connectivity index (χ3n) is 6.36. The van der Waals surface area contributed by atoms with Crippen molar-refractivity contribution in [2.75, 3.05) is 0 Å².